The number of hydrogen-bond acceptors (Lipinski definition) is 4. The van der Waals surface area contributed by atoms with E-state index in [4.69, 9.17) is 0 Å². The lowest BCUT2D eigenvalue weighted by Crippen LogP contribution is -2.25. The minimum absolute atomic E-state index is 0.0248. The van der Waals surface area contributed by atoms with Crippen molar-refractivity contribution in [2.75, 3.05) is 17.8 Å². The first-order chi connectivity index (χ1) is 6.40. The summed E-state index contributed by atoms with van der Waals surface area (Å²) in [4.78, 5) is 11.2. The molecule has 0 bridgehead atoms. The van der Waals surface area contributed by atoms with Gasteiger partial charge in [0.15, 0.2) is 0 Å². The molecule has 0 heterocycles. The van der Waals surface area contributed by atoms with E-state index in [0.717, 1.165) is 12.7 Å². The van der Waals surface area contributed by atoms with Gasteiger partial charge in [0.2, 0.25) is 0 Å². The quantitative estimate of drug-likeness (QED) is 0.686. The second-order valence-corrected chi connectivity index (χ2v) is 7.56. The van der Waals surface area contributed by atoms with Gasteiger partial charge < -0.3 is 0 Å². The molecule has 1 aliphatic carbocycles. The van der Waals surface area contributed by atoms with Crippen LogP contribution in [0.3, 0.4) is 0 Å². The van der Waals surface area contributed by atoms with Crippen LogP contribution in [0.4, 0.5) is 0 Å². The van der Waals surface area contributed by atoms with E-state index in [-0.39, 0.29) is 17.3 Å². The Morgan fingerprint density at radius 2 is 2.14 bits per heavy atom. The van der Waals surface area contributed by atoms with E-state index in [1.165, 1.54) is 0 Å². The van der Waals surface area contributed by atoms with Crippen molar-refractivity contribution in [2.24, 2.45) is 0 Å². The average molecular weight is 238 g/mol. The van der Waals surface area contributed by atoms with Crippen LogP contribution in [0.15, 0.2) is 0 Å². The predicted octanol–water partition coefficient (Wildman–Crippen LogP) is -0.0987. The molecule has 0 saturated heterocycles. The Morgan fingerprint density at radius 1 is 1.50 bits per heavy atom. The Hall–Kier alpha value is -0.230. The summed E-state index contributed by atoms with van der Waals surface area (Å²) in [5, 5.41) is -0.406. The predicted molar refractivity (Wildman–Crippen MR) is 55.4 cm³/mol. The second-order valence-electron chi connectivity index (χ2n) is 3.56. The normalized spacial score (nSPS) is 25.2. The van der Waals surface area contributed by atoms with Crippen LogP contribution in [0.25, 0.3) is 0 Å². The molecule has 0 spiro atoms. The summed E-state index contributed by atoms with van der Waals surface area (Å²) < 4.78 is 33.2. The highest BCUT2D eigenvalue weighted by atomic mass is 32.2. The molecule has 1 rings (SSSR count). The maximum atomic E-state index is 11.5. The zero-order chi connectivity index (χ0) is 10.8. The molecule has 2 atom stereocenters. The molecule has 4 nitrogen and oxygen atoms in total. The minimum atomic E-state index is -3.07. The van der Waals surface area contributed by atoms with Gasteiger partial charge in [-0.2, -0.15) is 0 Å². The van der Waals surface area contributed by atoms with Gasteiger partial charge in [0.1, 0.15) is 15.6 Å². The molecule has 0 amide bonds. The number of rotatable bonds is 4. The van der Waals surface area contributed by atoms with Crippen LogP contribution < -0.4 is 0 Å². The fourth-order valence-corrected chi connectivity index (χ4v) is 4.43. The topological polar surface area (TPSA) is 68.3 Å². The van der Waals surface area contributed by atoms with E-state index in [0.29, 0.717) is 12.8 Å². The molecule has 0 aromatic carbocycles. The fourth-order valence-electron chi connectivity index (χ4n) is 1.44. The average Bonchev–Trinajstić information content (AvgIpc) is 2.46. The van der Waals surface area contributed by atoms with E-state index in [9.17, 15) is 17.4 Å². The lowest BCUT2D eigenvalue weighted by atomic mass is 10.3. The molecular weight excluding hydrogens is 224 g/mol. The van der Waals surface area contributed by atoms with Crippen molar-refractivity contribution < 1.29 is 17.4 Å². The third-order valence-corrected chi connectivity index (χ3v) is 5.17. The molecule has 1 aliphatic rings. The molecule has 0 aliphatic heterocycles. The summed E-state index contributed by atoms with van der Waals surface area (Å²) in [6.45, 7) is 0. The summed E-state index contributed by atoms with van der Waals surface area (Å²) in [6.07, 6.45) is 3.04. The summed E-state index contributed by atoms with van der Waals surface area (Å²) in [7, 11) is -4.37. The highest BCUT2D eigenvalue weighted by molar-refractivity contribution is 7.92. The Balaban J connectivity index is 2.47. The van der Waals surface area contributed by atoms with Crippen molar-refractivity contribution in [1.82, 2.24) is 0 Å². The molecule has 0 aromatic rings. The standard InChI is InChI=1S/C8H14O4S2/c1-14(11,12)6-5-13(10)8-4-2-3-7(8)9/h8H,2-6H2,1H3. The summed E-state index contributed by atoms with van der Waals surface area (Å²) in [5.41, 5.74) is 0. The lowest BCUT2D eigenvalue weighted by molar-refractivity contribution is -0.117. The number of Topliss-reactive ketones (excluding diaryl/α,β-unsaturated/α-hetero) is 1. The SMILES string of the molecule is CS(=O)(=O)CCS(=O)C1CCCC1=O. The number of sulfone groups is 1. The lowest BCUT2D eigenvalue weighted by Gasteiger charge is -2.06. The van der Waals surface area contributed by atoms with Crippen molar-refractivity contribution in [3.8, 4) is 0 Å². The van der Waals surface area contributed by atoms with E-state index >= 15 is 0 Å². The first-order valence-corrected chi connectivity index (χ1v) is 7.92. The Morgan fingerprint density at radius 3 is 2.57 bits per heavy atom. The van der Waals surface area contributed by atoms with Gasteiger partial charge in [0.25, 0.3) is 0 Å². The fraction of sp³-hybridized carbons (Fsp3) is 0.875. The van der Waals surface area contributed by atoms with Crippen LogP contribution in [-0.4, -0.2) is 41.4 Å². The van der Waals surface area contributed by atoms with Crippen LogP contribution in [-0.2, 0) is 25.4 Å². The Bertz CT molecular complexity index is 344. The molecule has 1 fully saturated rings. The molecule has 82 valence electrons. The summed E-state index contributed by atoms with van der Waals surface area (Å²) in [6, 6.07) is 0. The van der Waals surface area contributed by atoms with Crippen molar-refractivity contribution in [3.05, 3.63) is 0 Å². The van der Waals surface area contributed by atoms with Crippen LogP contribution >= 0.6 is 0 Å². The van der Waals surface area contributed by atoms with Gasteiger partial charge in [-0.25, -0.2) is 8.42 Å². The minimum Gasteiger partial charge on any atom is -0.298 e. The van der Waals surface area contributed by atoms with Crippen molar-refractivity contribution in [2.45, 2.75) is 24.5 Å². The molecule has 0 radical (unpaired) electrons. The Labute approximate surface area is 86.4 Å². The third kappa shape index (κ3) is 3.49. The van der Waals surface area contributed by atoms with Gasteiger partial charge >= 0.3 is 0 Å². The third-order valence-electron chi connectivity index (χ3n) is 2.22. The van der Waals surface area contributed by atoms with Gasteiger partial charge in [-0.15, -0.1) is 0 Å². The van der Waals surface area contributed by atoms with E-state index in [1.54, 1.807) is 0 Å². The van der Waals surface area contributed by atoms with Crippen LogP contribution in [0.1, 0.15) is 19.3 Å². The molecule has 0 N–H and O–H groups in total. The maximum Gasteiger partial charge on any atom is 0.148 e. The number of hydrogen-bond donors (Lipinski definition) is 0. The number of carbonyl (C=O) groups excluding carboxylic acids is 1. The van der Waals surface area contributed by atoms with E-state index < -0.39 is 25.9 Å². The van der Waals surface area contributed by atoms with Crippen LogP contribution in [0.2, 0.25) is 0 Å². The smallest absolute Gasteiger partial charge is 0.148 e. The van der Waals surface area contributed by atoms with Crippen molar-refractivity contribution in [1.29, 1.82) is 0 Å². The second kappa shape index (κ2) is 4.53. The highest BCUT2D eigenvalue weighted by Crippen LogP contribution is 2.19. The number of carbonyl (C=O) groups is 1. The van der Waals surface area contributed by atoms with Gasteiger partial charge in [-0.05, 0) is 12.8 Å². The van der Waals surface area contributed by atoms with Crippen LogP contribution in [0, 0.1) is 0 Å². The number of ketones is 1. The summed E-state index contributed by atoms with van der Waals surface area (Å²) in [5.74, 6) is 0.0235. The largest absolute Gasteiger partial charge is 0.298 e. The van der Waals surface area contributed by atoms with Crippen LogP contribution in [0.5, 0.6) is 0 Å². The molecule has 6 heteroatoms. The van der Waals surface area contributed by atoms with Gasteiger partial charge in [-0.1, -0.05) is 0 Å². The molecule has 2 unspecified atom stereocenters. The van der Waals surface area contributed by atoms with E-state index in [2.05, 4.69) is 0 Å². The zero-order valence-corrected chi connectivity index (χ0v) is 9.70. The van der Waals surface area contributed by atoms with E-state index in [1.807, 2.05) is 0 Å². The molecule has 1 saturated carbocycles. The van der Waals surface area contributed by atoms with Gasteiger partial charge in [-0.3, -0.25) is 9.00 Å². The zero-order valence-electron chi connectivity index (χ0n) is 8.06. The van der Waals surface area contributed by atoms with Crippen molar-refractivity contribution >= 4 is 26.4 Å². The summed E-state index contributed by atoms with van der Waals surface area (Å²) >= 11 is 0. The molecule has 0 aromatic heterocycles. The first kappa shape index (κ1) is 11.8. The molecular formula is C8H14O4S2. The first-order valence-electron chi connectivity index (χ1n) is 4.48. The molecule has 14 heavy (non-hydrogen) atoms. The van der Waals surface area contributed by atoms with Gasteiger partial charge in [0, 0.05) is 29.2 Å². The maximum absolute atomic E-state index is 11.5. The van der Waals surface area contributed by atoms with Gasteiger partial charge in [0.05, 0.1) is 11.0 Å². The van der Waals surface area contributed by atoms with Crippen molar-refractivity contribution in [3.63, 3.8) is 0 Å². The Kier molecular flexibility index (Phi) is 3.83. The highest BCUT2D eigenvalue weighted by Gasteiger charge is 2.29. The monoisotopic (exact) mass is 238 g/mol.